The van der Waals surface area contributed by atoms with E-state index in [9.17, 15) is 18.5 Å². The van der Waals surface area contributed by atoms with E-state index in [-0.39, 0.29) is 17.1 Å². The summed E-state index contributed by atoms with van der Waals surface area (Å²) in [7, 11) is 0.0406. The normalized spacial score (nSPS) is 18.1. The van der Waals surface area contributed by atoms with Gasteiger partial charge in [0.2, 0.25) is 10.0 Å². The molecule has 0 spiro atoms. The second kappa shape index (κ2) is 10.9. The average molecular weight is 428 g/mol. The van der Waals surface area contributed by atoms with Crippen molar-refractivity contribution in [1.29, 1.82) is 0 Å². The molecular formula is C19H33N5O4S. The van der Waals surface area contributed by atoms with Gasteiger partial charge in [0.15, 0.2) is 0 Å². The van der Waals surface area contributed by atoms with Crippen LogP contribution in [-0.4, -0.2) is 76.5 Å². The lowest BCUT2D eigenvalue weighted by Crippen LogP contribution is -2.37. The van der Waals surface area contributed by atoms with Gasteiger partial charge in [0.25, 0.3) is 5.69 Å². The highest BCUT2D eigenvalue weighted by Gasteiger charge is 2.21. The zero-order valence-electron chi connectivity index (χ0n) is 17.6. The predicted octanol–water partition coefficient (Wildman–Crippen LogP) is 1.97. The second-order valence-electron chi connectivity index (χ2n) is 7.97. The van der Waals surface area contributed by atoms with Gasteiger partial charge in [0.05, 0.1) is 9.82 Å². The van der Waals surface area contributed by atoms with E-state index in [1.54, 1.807) is 0 Å². The number of nitro benzene ring substituents is 1. The van der Waals surface area contributed by atoms with Crippen LogP contribution in [0, 0.1) is 16.0 Å². The fraction of sp³-hybridized carbons (Fsp3) is 0.684. The van der Waals surface area contributed by atoms with Crippen molar-refractivity contribution >= 4 is 21.4 Å². The molecule has 1 unspecified atom stereocenters. The first-order chi connectivity index (χ1) is 13.7. The van der Waals surface area contributed by atoms with Gasteiger partial charge in [-0.05, 0) is 64.5 Å². The molecule has 0 bridgehead atoms. The van der Waals surface area contributed by atoms with Gasteiger partial charge in [-0.15, -0.1) is 0 Å². The summed E-state index contributed by atoms with van der Waals surface area (Å²) >= 11 is 0. The van der Waals surface area contributed by atoms with E-state index in [2.05, 4.69) is 21.9 Å². The number of rotatable bonds is 11. The molecule has 10 heteroatoms. The second-order valence-corrected chi connectivity index (χ2v) is 9.73. The minimum atomic E-state index is -3.78. The van der Waals surface area contributed by atoms with Gasteiger partial charge >= 0.3 is 0 Å². The molecule has 2 N–H and O–H groups in total. The minimum Gasteiger partial charge on any atom is -0.378 e. The van der Waals surface area contributed by atoms with Crippen molar-refractivity contribution in [2.24, 2.45) is 5.92 Å². The molecule has 0 aromatic heterocycles. The molecule has 0 amide bonds. The SMILES string of the molecule is CC1CCCN(CCNc2ccc(S(=O)(=O)NCCCN(C)C)cc2[N+](=O)[O-])C1. The van der Waals surface area contributed by atoms with Crippen LogP contribution in [0.5, 0.6) is 0 Å². The molecule has 9 nitrogen and oxygen atoms in total. The van der Waals surface area contributed by atoms with E-state index < -0.39 is 14.9 Å². The molecule has 1 saturated heterocycles. The fourth-order valence-corrected chi connectivity index (χ4v) is 4.60. The van der Waals surface area contributed by atoms with Crippen molar-refractivity contribution in [3.8, 4) is 0 Å². The van der Waals surface area contributed by atoms with E-state index in [0.717, 1.165) is 32.2 Å². The standard InChI is InChI=1S/C19H33N5O4S/c1-16-6-4-12-23(15-16)13-10-20-18-8-7-17(14-19(18)24(25)26)29(27,28)21-9-5-11-22(2)3/h7-8,14,16,20-21H,4-6,9-13,15H2,1-3H3. The Labute approximate surface area is 173 Å². The van der Waals surface area contributed by atoms with Gasteiger partial charge in [-0.3, -0.25) is 10.1 Å². The fourth-order valence-electron chi connectivity index (χ4n) is 3.50. The number of hydrogen-bond donors (Lipinski definition) is 2. The number of piperidine rings is 1. The lowest BCUT2D eigenvalue weighted by molar-refractivity contribution is -0.384. The third-order valence-corrected chi connectivity index (χ3v) is 6.49. The van der Waals surface area contributed by atoms with Crippen LogP contribution >= 0.6 is 0 Å². The molecule has 0 aliphatic carbocycles. The van der Waals surface area contributed by atoms with Crippen molar-refractivity contribution in [2.75, 3.05) is 58.7 Å². The zero-order chi connectivity index (χ0) is 21.4. The molecule has 1 atom stereocenters. The number of sulfonamides is 1. The zero-order valence-corrected chi connectivity index (χ0v) is 18.4. The van der Waals surface area contributed by atoms with E-state index in [0.29, 0.717) is 24.6 Å². The van der Waals surface area contributed by atoms with Gasteiger partial charge < -0.3 is 15.1 Å². The topological polar surface area (TPSA) is 108 Å². The monoisotopic (exact) mass is 427 g/mol. The molecular weight excluding hydrogens is 394 g/mol. The summed E-state index contributed by atoms with van der Waals surface area (Å²) in [6.45, 7) is 6.73. The number of benzene rings is 1. The lowest BCUT2D eigenvalue weighted by atomic mass is 10.0. The molecule has 164 valence electrons. The number of hydrogen-bond acceptors (Lipinski definition) is 7. The first kappa shape index (κ1) is 23.5. The maximum atomic E-state index is 12.4. The highest BCUT2D eigenvalue weighted by atomic mass is 32.2. The van der Waals surface area contributed by atoms with E-state index in [1.807, 2.05) is 19.0 Å². The van der Waals surface area contributed by atoms with Crippen LogP contribution in [0.25, 0.3) is 0 Å². The van der Waals surface area contributed by atoms with Crippen LogP contribution in [0.3, 0.4) is 0 Å². The van der Waals surface area contributed by atoms with Crippen molar-refractivity contribution < 1.29 is 13.3 Å². The highest BCUT2D eigenvalue weighted by Crippen LogP contribution is 2.27. The molecule has 1 aromatic rings. The van der Waals surface area contributed by atoms with Gasteiger partial charge in [0.1, 0.15) is 5.69 Å². The Morgan fingerprint density at radius 3 is 2.72 bits per heavy atom. The van der Waals surface area contributed by atoms with E-state index in [1.165, 1.54) is 25.0 Å². The molecule has 2 rings (SSSR count). The third kappa shape index (κ3) is 7.54. The molecule has 0 radical (unpaired) electrons. The highest BCUT2D eigenvalue weighted by molar-refractivity contribution is 7.89. The van der Waals surface area contributed by atoms with E-state index >= 15 is 0 Å². The summed E-state index contributed by atoms with van der Waals surface area (Å²) in [4.78, 5) is 15.2. The Balaban J connectivity index is 1.99. The predicted molar refractivity (Wildman–Crippen MR) is 115 cm³/mol. The Morgan fingerprint density at radius 1 is 1.31 bits per heavy atom. The first-order valence-corrected chi connectivity index (χ1v) is 11.6. The summed E-state index contributed by atoms with van der Waals surface area (Å²) in [6.07, 6.45) is 3.08. The largest absolute Gasteiger partial charge is 0.378 e. The van der Waals surface area contributed by atoms with Gasteiger partial charge in [-0.1, -0.05) is 6.92 Å². The van der Waals surface area contributed by atoms with Crippen molar-refractivity contribution in [3.05, 3.63) is 28.3 Å². The molecule has 1 heterocycles. The maximum Gasteiger partial charge on any atom is 0.293 e. The average Bonchev–Trinajstić information content (AvgIpc) is 2.65. The van der Waals surface area contributed by atoms with Crippen molar-refractivity contribution in [3.63, 3.8) is 0 Å². The number of nitrogens with one attached hydrogen (secondary N) is 2. The quantitative estimate of drug-likeness (QED) is 0.316. The van der Waals surface area contributed by atoms with Crippen LogP contribution in [0.2, 0.25) is 0 Å². The number of nitro groups is 1. The Kier molecular flexibility index (Phi) is 8.81. The van der Waals surface area contributed by atoms with Crippen LogP contribution in [0.1, 0.15) is 26.2 Å². The summed E-state index contributed by atoms with van der Waals surface area (Å²) in [5.74, 6) is 0.674. The summed E-state index contributed by atoms with van der Waals surface area (Å²) in [5, 5.41) is 14.6. The van der Waals surface area contributed by atoms with Crippen molar-refractivity contribution in [1.82, 2.24) is 14.5 Å². The smallest absolute Gasteiger partial charge is 0.293 e. The van der Waals surface area contributed by atoms with E-state index in [4.69, 9.17) is 0 Å². The van der Waals surface area contributed by atoms with Crippen LogP contribution < -0.4 is 10.0 Å². The Bertz CT molecular complexity index is 785. The van der Waals surface area contributed by atoms with Crippen LogP contribution in [0.15, 0.2) is 23.1 Å². The Morgan fingerprint density at radius 2 is 2.07 bits per heavy atom. The number of likely N-dealkylation sites (tertiary alicyclic amines) is 1. The third-order valence-electron chi connectivity index (χ3n) is 5.04. The molecule has 29 heavy (non-hydrogen) atoms. The Hall–Kier alpha value is -1.75. The van der Waals surface area contributed by atoms with Gasteiger partial charge in [0, 0.05) is 32.2 Å². The summed E-state index contributed by atoms with van der Waals surface area (Å²) < 4.78 is 27.4. The lowest BCUT2D eigenvalue weighted by Gasteiger charge is -2.30. The molecule has 1 aliphatic heterocycles. The number of nitrogens with zero attached hydrogens (tertiary/aromatic N) is 3. The maximum absolute atomic E-state index is 12.4. The summed E-state index contributed by atoms with van der Waals surface area (Å²) in [6, 6.07) is 4.01. The minimum absolute atomic E-state index is 0.0931. The summed E-state index contributed by atoms with van der Waals surface area (Å²) in [5.41, 5.74) is 0.111. The molecule has 1 aromatic carbocycles. The van der Waals surface area contributed by atoms with Crippen LogP contribution in [-0.2, 0) is 10.0 Å². The van der Waals surface area contributed by atoms with Crippen molar-refractivity contribution in [2.45, 2.75) is 31.1 Å². The van der Waals surface area contributed by atoms with Crippen LogP contribution in [0.4, 0.5) is 11.4 Å². The van der Waals surface area contributed by atoms with Gasteiger partial charge in [-0.2, -0.15) is 0 Å². The van der Waals surface area contributed by atoms with Gasteiger partial charge in [-0.25, -0.2) is 13.1 Å². The number of anilines is 1. The molecule has 0 saturated carbocycles. The molecule has 1 aliphatic rings. The first-order valence-electron chi connectivity index (χ1n) is 10.1. The molecule has 1 fully saturated rings.